The van der Waals surface area contributed by atoms with Crippen molar-refractivity contribution in [1.82, 2.24) is 5.43 Å². The summed E-state index contributed by atoms with van der Waals surface area (Å²) in [6, 6.07) is 11.9. The lowest BCUT2D eigenvalue weighted by Crippen LogP contribution is -2.17. The minimum atomic E-state index is -0.472. The summed E-state index contributed by atoms with van der Waals surface area (Å²) in [6.07, 6.45) is 1.48. The van der Waals surface area contributed by atoms with Gasteiger partial charge in [0.15, 0.2) is 0 Å². The van der Waals surface area contributed by atoms with Crippen molar-refractivity contribution in [3.05, 3.63) is 64.2 Å². The summed E-state index contributed by atoms with van der Waals surface area (Å²) >= 11 is 5.84. The fraction of sp³-hybridized carbons (Fsp3) is 0.0667. The molecule has 2 aromatic rings. The average molecular weight is 289 g/mol. The van der Waals surface area contributed by atoms with Crippen LogP contribution in [-0.2, 0) is 0 Å². The van der Waals surface area contributed by atoms with Gasteiger partial charge in [-0.1, -0.05) is 29.8 Å². The van der Waals surface area contributed by atoms with Gasteiger partial charge in [0.2, 0.25) is 0 Å². The van der Waals surface area contributed by atoms with Gasteiger partial charge in [-0.2, -0.15) is 5.10 Å². The average Bonchev–Trinajstić information content (AvgIpc) is 2.38. The van der Waals surface area contributed by atoms with Gasteiger partial charge in [0.1, 0.15) is 5.75 Å². The maximum atomic E-state index is 11.8. The molecular weight excluding hydrogens is 276 g/mol. The summed E-state index contributed by atoms with van der Waals surface area (Å²) < 4.78 is 0. The van der Waals surface area contributed by atoms with Crippen LogP contribution in [0.15, 0.2) is 47.6 Å². The largest absolute Gasteiger partial charge is 0.507 e. The van der Waals surface area contributed by atoms with E-state index in [1.165, 1.54) is 12.3 Å². The van der Waals surface area contributed by atoms with E-state index in [2.05, 4.69) is 10.5 Å². The Hall–Kier alpha value is -2.33. The highest BCUT2D eigenvalue weighted by Gasteiger charge is 2.09. The van der Waals surface area contributed by atoms with Crippen molar-refractivity contribution < 1.29 is 9.90 Å². The molecule has 2 aromatic carbocycles. The number of benzene rings is 2. The number of nitrogens with one attached hydrogen (secondary N) is 1. The van der Waals surface area contributed by atoms with E-state index in [1.807, 2.05) is 13.0 Å². The Labute approximate surface area is 121 Å². The van der Waals surface area contributed by atoms with E-state index in [4.69, 9.17) is 11.6 Å². The molecule has 2 N–H and O–H groups in total. The lowest BCUT2D eigenvalue weighted by Gasteiger charge is -2.03. The Bertz CT molecular complexity index is 669. The number of hydrogen-bond acceptors (Lipinski definition) is 3. The second kappa shape index (κ2) is 6.21. The van der Waals surface area contributed by atoms with Gasteiger partial charge in [0.05, 0.1) is 11.8 Å². The Morgan fingerprint density at radius 1 is 1.30 bits per heavy atom. The number of phenolic OH excluding ortho intramolecular Hbond substituents is 1. The van der Waals surface area contributed by atoms with Gasteiger partial charge in [-0.25, -0.2) is 5.43 Å². The smallest absolute Gasteiger partial charge is 0.275 e. The molecule has 0 unspecified atom stereocenters. The number of aryl methyl sites for hydroxylation is 1. The second-order valence-corrected chi connectivity index (χ2v) is 4.71. The van der Waals surface area contributed by atoms with E-state index in [0.29, 0.717) is 5.02 Å². The number of rotatable bonds is 3. The highest BCUT2D eigenvalue weighted by Crippen LogP contribution is 2.18. The summed E-state index contributed by atoms with van der Waals surface area (Å²) in [5.74, 6) is -0.541. The fourth-order valence-corrected chi connectivity index (χ4v) is 1.84. The molecule has 0 fully saturated rings. The first kappa shape index (κ1) is 14.1. The maximum absolute atomic E-state index is 11.8. The number of carbonyl (C=O) groups is 1. The van der Waals surface area contributed by atoms with Crippen LogP contribution in [0.4, 0.5) is 0 Å². The normalized spacial score (nSPS) is 10.7. The molecule has 0 aliphatic carbocycles. The van der Waals surface area contributed by atoms with Crippen LogP contribution < -0.4 is 5.43 Å². The van der Waals surface area contributed by atoms with Crippen LogP contribution in [0.1, 0.15) is 21.5 Å². The van der Waals surface area contributed by atoms with E-state index in [1.54, 1.807) is 30.3 Å². The van der Waals surface area contributed by atoms with Gasteiger partial charge >= 0.3 is 0 Å². The van der Waals surface area contributed by atoms with Gasteiger partial charge in [0, 0.05) is 5.02 Å². The fourth-order valence-electron chi connectivity index (χ4n) is 1.65. The molecule has 4 nitrogen and oxygen atoms in total. The molecule has 0 atom stereocenters. The first-order chi connectivity index (χ1) is 9.56. The summed E-state index contributed by atoms with van der Waals surface area (Å²) in [7, 11) is 0. The maximum Gasteiger partial charge on any atom is 0.275 e. The lowest BCUT2D eigenvalue weighted by molar-refractivity contribution is 0.0952. The summed E-state index contributed by atoms with van der Waals surface area (Å²) in [5.41, 5.74) is 4.18. The molecule has 20 heavy (non-hydrogen) atoms. The molecule has 102 valence electrons. The van der Waals surface area contributed by atoms with Crippen molar-refractivity contribution in [3.63, 3.8) is 0 Å². The minimum Gasteiger partial charge on any atom is -0.507 e. The van der Waals surface area contributed by atoms with Crippen molar-refractivity contribution in [2.75, 3.05) is 0 Å². The predicted molar refractivity (Wildman–Crippen MR) is 79.4 cm³/mol. The molecule has 0 aliphatic heterocycles. The summed E-state index contributed by atoms with van der Waals surface area (Å²) in [6.45, 7) is 1.83. The van der Waals surface area contributed by atoms with Gasteiger partial charge in [0.25, 0.3) is 5.91 Å². The zero-order valence-corrected chi connectivity index (χ0v) is 11.6. The van der Waals surface area contributed by atoms with Crippen LogP contribution in [0, 0.1) is 6.92 Å². The zero-order valence-electron chi connectivity index (χ0n) is 10.8. The Balaban J connectivity index is 2.05. The Morgan fingerprint density at radius 3 is 2.80 bits per heavy atom. The Kier molecular flexibility index (Phi) is 4.38. The van der Waals surface area contributed by atoms with Crippen LogP contribution in [0.3, 0.4) is 0 Å². The zero-order chi connectivity index (χ0) is 14.5. The van der Waals surface area contributed by atoms with Crippen molar-refractivity contribution in [2.24, 2.45) is 5.10 Å². The lowest BCUT2D eigenvalue weighted by atomic mass is 10.1. The summed E-state index contributed by atoms with van der Waals surface area (Å²) in [5, 5.41) is 14.1. The number of phenols is 1. The third-order valence-electron chi connectivity index (χ3n) is 2.63. The highest BCUT2D eigenvalue weighted by atomic mass is 35.5. The van der Waals surface area contributed by atoms with Crippen molar-refractivity contribution >= 4 is 23.7 Å². The van der Waals surface area contributed by atoms with Crippen LogP contribution in [0.5, 0.6) is 5.75 Å². The molecular formula is C15H13ClN2O2. The van der Waals surface area contributed by atoms with Crippen molar-refractivity contribution in [1.29, 1.82) is 0 Å². The SMILES string of the molecule is Cc1ccc(C(=O)N/N=C/c2cccc(Cl)c2)c(O)c1. The minimum absolute atomic E-state index is 0.0690. The van der Waals surface area contributed by atoms with Crippen molar-refractivity contribution in [2.45, 2.75) is 6.92 Å². The van der Waals surface area contributed by atoms with Crippen LogP contribution >= 0.6 is 11.6 Å². The number of nitrogens with zero attached hydrogens (tertiary/aromatic N) is 1. The first-order valence-electron chi connectivity index (χ1n) is 5.95. The second-order valence-electron chi connectivity index (χ2n) is 4.27. The molecule has 1 amide bonds. The molecule has 0 aromatic heterocycles. The van der Waals surface area contributed by atoms with Gasteiger partial charge in [-0.3, -0.25) is 4.79 Å². The molecule has 2 rings (SSSR count). The van der Waals surface area contributed by atoms with E-state index in [0.717, 1.165) is 11.1 Å². The molecule has 0 saturated carbocycles. The van der Waals surface area contributed by atoms with Crippen molar-refractivity contribution in [3.8, 4) is 5.75 Å². The van der Waals surface area contributed by atoms with E-state index >= 15 is 0 Å². The number of halogens is 1. The highest BCUT2D eigenvalue weighted by molar-refractivity contribution is 6.30. The van der Waals surface area contributed by atoms with E-state index in [9.17, 15) is 9.90 Å². The van der Waals surface area contributed by atoms with Crippen LogP contribution in [0.2, 0.25) is 5.02 Å². The predicted octanol–water partition coefficient (Wildman–Crippen LogP) is 3.12. The molecule has 0 bridgehead atoms. The van der Waals surface area contributed by atoms with E-state index < -0.39 is 5.91 Å². The van der Waals surface area contributed by atoms with Gasteiger partial charge in [-0.15, -0.1) is 0 Å². The van der Waals surface area contributed by atoms with E-state index in [-0.39, 0.29) is 11.3 Å². The molecule has 0 saturated heterocycles. The third-order valence-corrected chi connectivity index (χ3v) is 2.86. The van der Waals surface area contributed by atoms with Gasteiger partial charge < -0.3 is 5.11 Å². The standard InChI is InChI=1S/C15H13ClN2O2/c1-10-5-6-13(14(19)7-10)15(20)18-17-9-11-3-2-4-12(16)8-11/h2-9,19H,1H3,(H,18,20)/b17-9+. The molecule has 0 radical (unpaired) electrons. The number of hydrazone groups is 1. The Morgan fingerprint density at radius 2 is 2.10 bits per heavy atom. The number of amides is 1. The molecule has 0 spiro atoms. The number of hydrogen-bond donors (Lipinski definition) is 2. The monoisotopic (exact) mass is 288 g/mol. The first-order valence-corrected chi connectivity index (χ1v) is 6.32. The van der Waals surface area contributed by atoms with Crippen LogP contribution in [0.25, 0.3) is 0 Å². The number of aromatic hydroxyl groups is 1. The molecule has 0 aliphatic rings. The topological polar surface area (TPSA) is 61.7 Å². The summed E-state index contributed by atoms with van der Waals surface area (Å²) in [4.78, 5) is 11.8. The molecule has 5 heteroatoms. The quantitative estimate of drug-likeness (QED) is 0.673. The van der Waals surface area contributed by atoms with Crippen LogP contribution in [-0.4, -0.2) is 17.2 Å². The molecule has 0 heterocycles. The third kappa shape index (κ3) is 3.59. The number of carbonyl (C=O) groups excluding carboxylic acids is 1. The van der Waals surface area contributed by atoms with Gasteiger partial charge in [-0.05, 0) is 42.3 Å².